The summed E-state index contributed by atoms with van der Waals surface area (Å²) >= 11 is 0. The van der Waals surface area contributed by atoms with Gasteiger partial charge in [0.2, 0.25) is 0 Å². The van der Waals surface area contributed by atoms with Crippen molar-refractivity contribution in [1.29, 1.82) is 10.5 Å². The van der Waals surface area contributed by atoms with E-state index in [4.69, 9.17) is 0 Å². The summed E-state index contributed by atoms with van der Waals surface area (Å²) in [6.45, 7) is 6.26. The third kappa shape index (κ3) is 2.04. The molecule has 1 aliphatic heterocycles. The quantitative estimate of drug-likeness (QED) is 0.799. The number of fused-ring (bicyclic) bond motifs is 1. The van der Waals surface area contributed by atoms with Crippen molar-refractivity contribution >= 4 is 17.1 Å². The van der Waals surface area contributed by atoms with Gasteiger partial charge in [-0.15, -0.1) is 0 Å². The van der Waals surface area contributed by atoms with Crippen LogP contribution in [-0.4, -0.2) is 13.2 Å². The van der Waals surface area contributed by atoms with Crippen LogP contribution < -0.4 is 9.80 Å². The molecule has 0 N–H and O–H groups in total. The fraction of sp³-hybridized carbons (Fsp3) is 0.263. The van der Waals surface area contributed by atoms with Gasteiger partial charge in [0.15, 0.2) is 0 Å². The molecule has 2 aromatic carbocycles. The third-order valence-corrected chi connectivity index (χ3v) is 4.76. The van der Waals surface area contributed by atoms with Gasteiger partial charge in [-0.05, 0) is 50.1 Å². The molecular formula is C19H18N4. The van der Waals surface area contributed by atoms with Crippen LogP contribution in [0.2, 0.25) is 0 Å². The van der Waals surface area contributed by atoms with Crippen LogP contribution in [0.1, 0.15) is 29.2 Å². The molecule has 0 aliphatic carbocycles. The van der Waals surface area contributed by atoms with Crippen molar-refractivity contribution in [2.75, 3.05) is 16.8 Å². The number of aryl methyl sites for hydroxylation is 1. The Hall–Kier alpha value is -2.98. The summed E-state index contributed by atoms with van der Waals surface area (Å²) < 4.78 is 0. The molecule has 0 saturated carbocycles. The number of nitriles is 2. The molecule has 0 bridgehead atoms. The SMILES string of the molecule is Cc1cccc(N2c3c(C#N)ccc(C#N)c3N(C)[C@@H]2C)c1C. The molecular weight excluding hydrogens is 284 g/mol. The number of nitrogens with zero attached hydrogens (tertiary/aromatic N) is 4. The topological polar surface area (TPSA) is 54.1 Å². The van der Waals surface area contributed by atoms with Crippen molar-refractivity contribution in [2.45, 2.75) is 26.9 Å². The molecule has 0 radical (unpaired) electrons. The van der Waals surface area contributed by atoms with Gasteiger partial charge in [-0.1, -0.05) is 12.1 Å². The van der Waals surface area contributed by atoms with Gasteiger partial charge in [-0.25, -0.2) is 0 Å². The molecule has 1 aliphatic rings. The maximum atomic E-state index is 9.55. The van der Waals surface area contributed by atoms with Crippen LogP contribution in [0.5, 0.6) is 0 Å². The summed E-state index contributed by atoms with van der Waals surface area (Å²) in [4.78, 5) is 4.23. The second kappa shape index (κ2) is 5.34. The minimum Gasteiger partial charge on any atom is -0.351 e. The number of hydrogen-bond acceptors (Lipinski definition) is 4. The van der Waals surface area contributed by atoms with Gasteiger partial charge in [0.05, 0.1) is 22.5 Å². The smallest absolute Gasteiger partial charge is 0.103 e. The van der Waals surface area contributed by atoms with Gasteiger partial charge in [0, 0.05) is 12.7 Å². The fourth-order valence-electron chi connectivity index (χ4n) is 3.23. The third-order valence-electron chi connectivity index (χ3n) is 4.76. The van der Waals surface area contributed by atoms with E-state index in [1.807, 2.05) is 13.1 Å². The molecule has 0 fully saturated rings. The second-order valence-corrected chi connectivity index (χ2v) is 5.91. The highest BCUT2D eigenvalue weighted by atomic mass is 15.4. The van der Waals surface area contributed by atoms with Crippen molar-refractivity contribution < 1.29 is 0 Å². The van der Waals surface area contributed by atoms with E-state index in [9.17, 15) is 10.5 Å². The normalized spacial score (nSPS) is 16.0. The standard InChI is InChI=1S/C19H18N4/c1-12-6-5-7-17(13(12)2)23-14(3)22(4)18-15(10-20)8-9-16(11-21)19(18)23/h5-9,14H,1-4H3/t14-/m0/s1. The molecule has 0 amide bonds. The zero-order valence-electron chi connectivity index (χ0n) is 13.8. The second-order valence-electron chi connectivity index (χ2n) is 5.91. The minimum atomic E-state index is 0.0344. The first-order valence-corrected chi connectivity index (χ1v) is 7.56. The van der Waals surface area contributed by atoms with E-state index in [0.717, 1.165) is 17.1 Å². The van der Waals surface area contributed by atoms with Crippen LogP contribution in [0.4, 0.5) is 17.1 Å². The first-order chi connectivity index (χ1) is 11.0. The van der Waals surface area contributed by atoms with Crippen molar-refractivity contribution in [1.82, 2.24) is 0 Å². The van der Waals surface area contributed by atoms with E-state index in [1.165, 1.54) is 11.1 Å². The Morgan fingerprint density at radius 2 is 1.57 bits per heavy atom. The zero-order chi connectivity index (χ0) is 16.7. The van der Waals surface area contributed by atoms with Gasteiger partial charge in [0.1, 0.15) is 18.3 Å². The Balaban J connectivity index is 2.34. The van der Waals surface area contributed by atoms with E-state index < -0.39 is 0 Å². The highest BCUT2D eigenvalue weighted by Gasteiger charge is 2.36. The van der Waals surface area contributed by atoms with E-state index in [0.29, 0.717) is 11.1 Å². The molecule has 114 valence electrons. The summed E-state index contributed by atoms with van der Waals surface area (Å²) in [5, 5.41) is 19.0. The Bertz CT molecular complexity index is 870. The highest BCUT2D eigenvalue weighted by molar-refractivity contribution is 5.91. The number of benzene rings is 2. The van der Waals surface area contributed by atoms with Crippen molar-refractivity contribution in [3.8, 4) is 12.1 Å². The Kier molecular flexibility index (Phi) is 3.47. The fourth-order valence-corrected chi connectivity index (χ4v) is 3.23. The highest BCUT2D eigenvalue weighted by Crippen LogP contribution is 2.48. The lowest BCUT2D eigenvalue weighted by Crippen LogP contribution is -2.36. The summed E-state index contributed by atoms with van der Waals surface area (Å²) in [5.74, 6) is 0. The first kappa shape index (κ1) is 14.9. The van der Waals surface area contributed by atoms with Crippen LogP contribution >= 0.6 is 0 Å². The molecule has 4 heteroatoms. The summed E-state index contributed by atoms with van der Waals surface area (Å²) in [7, 11) is 1.97. The molecule has 0 spiro atoms. The van der Waals surface area contributed by atoms with Gasteiger partial charge in [-0.2, -0.15) is 10.5 Å². The van der Waals surface area contributed by atoms with Crippen LogP contribution in [0.3, 0.4) is 0 Å². The van der Waals surface area contributed by atoms with Crippen molar-refractivity contribution in [2.24, 2.45) is 0 Å². The predicted molar refractivity (Wildman–Crippen MR) is 91.8 cm³/mol. The van der Waals surface area contributed by atoms with E-state index in [-0.39, 0.29) is 6.17 Å². The lowest BCUT2D eigenvalue weighted by Gasteiger charge is -2.29. The van der Waals surface area contributed by atoms with Crippen LogP contribution in [0, 0.1) is 36.5 Å². The van der Waals surface area contributed by atoms with Crippen LogP contribution in [0.25, 0.3) is 0 Å². The molecule has 1 heterocycles. The maximum Gasteiger partial charge on any atom is 0.103 e. The predicted octanol–water partition coefficient (Wildman–Crippen LogP) is 3.98. The lowest BCUT2D eigenvalue weighted by molar-refractivity contribution is 0.731. The number of anilines is 3. The molecule has 1 atom stereocenters. The van der Waals surface area contributed by atoms with Gasteiger partial charge in [0.25, 0.3) is 0 Å². The summed E-state index contributed by atoms with van der Waals surface area (Å²) in [5.41, 5.74) is 6.33. The molecule has 2 aromatic rings. The lowest BCUT2D eigenvalue weighted by atomic mass is 10.0. The van der Waals surface area contributed by atoms with Gasteiger partial charge < -0.3 is 9.80 Å². The molecule has 3 rings (SSSR count). The summed E-state index contributed by atoms with van der Waals surface area (Å²) in [6.07, 6.45) is 0.0344. The molecule has 0 aromatic heterocycles. The molecule has 0 unspecified atom stereocenters. The van der Waals surface area contributed by atoms with Gasteiger partial charge in [-0.3, -0.25) is 0 Å². The molecule has 23 heavy (non-hydrogen) atoms. The van der Waals surface area contributed by atoms with Crippen LogP contribution in [0.15, 0.2) is 30.3 Å². The Morgan fingerprint density at radius 1 is 0.957 bits per heavy atom. The van der Waals surface area contributed by atoms with Crippen LogP contribution in [-0.2, 0) is 0 Å². The average Bonchev–Trinajstić information content (AvgIpc) is 2.82. The first-order valence-electron chi connectivity index (χ1n) is 7.56. The average molecular weight is 302 g/mol. The zero-order valence-corrected chi connectivity index (χ0v) is 13.8. The van der Waals surface area contributed by atoms with Gasteiger partial charge >= 0.3 is 0 Å². The number of hydrogen-bond donors (Lipinski definition) is 0. The Labute approximate surface area is 136 Å². The minimum absolute atomic E-state index is 0.0344. The summed E-state index contributed by atoms with van der Waals surface area (Å²) in [6, 6.07) is 14.2. The monoisotopic (exact) mass is 302 g/mol. The molecule has 4 nitrogen and oxygen atoms in total. The maximum absolute atomic E-state index is 9.55. The van der Waals surface area contributed by atoms with Crippen molar-refractivity contribution in [3.05, 3.63) is 52.6 Å². The molecule has 0 saturated heterocycles. The Morgan fingerprint density at radius 3 is 2.17 bits per heavy atom. The largest absolute Gasteiger partial charge is 0.351 e. The van der Waals surface area contributed by atoms with E-state index in [2.05, 4.69) is 54.8 Å². The van der Waals surface area contributed by atoms with E-state index >= 15 is 0 Å². The van der Waals surface area contributed by atoms with Crippen molar-refractivity contribution in [3.63, 3.8) is 0 Å². The number of rotatable bonds is 1. The van der Waals surface area contributed by atoms with E-state index in [1.54, 1.807) is 12.1 Å².